The van der Waals surface area contributed by atoms with Crippen molar-refractivity contribution >= 4 is 23.2 Å². The highest BCUT2D eigenvalue weighted by Crippen LogP contribution is 2.31. The second-order valence-electron chi connectivity index (χ2n) is 5.98. The molecule has 0 saturated heterocycles. The molecule has 8 nitrogen and oxygen atoms in total. The van der Waals surface area contributed by atoms with Crippen LogP contribution in [-0.4, -0.2) is 49.5 Å². The largest absolute Gasteiger partial charge is 0.493 e. The third kappa shape index (κ3) is 6.22. The van der Waals surface area contributed by atoms with Gasteiger partial charge in [0.2, 0.25) is 5.91 Å². The summed E-state index contributed by atoms with van der Waals surface area (Å²) < 4.78 is 10.7. The van der Waals surface area contributed by atoms with E-state index in [1.807, 2.05) is 35.4 Å². The minimum atomic E-state index is -0.317. The van der Waals surface area contributed by atoms with Gasteiger partial charge in [-0.3, -0.25) is 25.3 Å². The first-order valence-electron chi connectivity index (χ1n) is 8.30. The first-order valence-corrected chi connectivity index (χ1v) is 9.18. The van der Waals surface area contributed by atoms with Crippen LogP contribution in [0, 0.1) is 6.92 Å². The average molecular weight is 392 g/mol. The van der Waals surface area contributed by atoms with Crippen molar-refractivity contribution in [3.05, 3.63) is 39.8 Å². The molecule has 0 unspecified atom stereocenters. The van der Waals surface area contributed by atoms with Crippen LogP contribution in [0.5, 0.6) is 11.5 Å². The lowest BCUT2D eigenvalue weighted by molar-refractivity contribution is -0.129. The Bertz CT molecular complexity index is 793. The number of hydrazine groups is 1. The van der Waals surface area contributed by atoms with Gasteiger partial charge in [0.25, 0.3) is 5.91 Å². The van der Waals surface area contributed by atoms with Crippen molar-refractivity contribution < 1.29 is 19.1 Å². The lowest BCUT2D eigenvalue weighted by Gasteiger charge is -2.19. The van der Waals surface area contributed by atoms with E-state index in [1.165, 1.54) is 11.3 Å². The number of thiazole rings is 1. The molecule has 0 aliphatic heterocycles. The van der Waals surface area contributed by atoms with E-state index in [4.69, 9.17) is 9.47 Å². The van der Waals surface area contributed by atoms with Gasteiger partial charge in [-0.15, -0.1) is 11.3 Å². The van der Waals surface area contributed by atoms with Crippen LogP contribution in [0.2, 0.25) is 0 Å². The summed E-state index contributed by atoms with van der Waals surface area (Å²) >= 11 is 1.42. The Morgan fingerprint density at radius 3 is 2.56 bits per heavy atom. The molecule has 0 fully saturated rings. The Labute approximate surface area is 162 Å². The maximum atomic E-state index is 12.0. The highest BCUT2D eigenvalue weighted by molar-refractivity contribution is 7.09. The highest BCUT2D eigenvalue weighted by Gasteiger charge is 2.14. The van der Waals surface area contributed by atoms with Crippen molar-refractivity contribution in [2.75, 3.05) is 27.8 Å². The fourth-order valence-electron chi connectivity index (χ4n) is 2.51. The number of aromatic nitrogens is 1. The van der Waals surface area contributed by atoms with E-state index in [0.717, 1.165) is 11.3 Å². The molecule has 0 atom stereocenters. The predicted octanol–water partition coefficient (Wildman–Crippen LogP) is 1.29. The Balaban J connectivity index is 1.81. The molecule has 2 amide bonds. The maximum Gasteiger partial charge on any atom is 0.252 e. The summed E-state index contributed by atoms with van der Waals surface area (Å²) in [6.45, 7) is 2.46. The van der Waals surface area contributed by atoms with Gasteiger partial charge in [0.1, 0.15) is 5.01 Å². The zero-order valence-corrected chi connectivity index (χ0v) is 16.7. The van der Waals surface area contributed by atoms with E-state index in [2.05, 4.69) is 15.8 Å². The summed E-state index contributed by atoms with van der Waals surface area (Å²) in [6.07, 6.45) is 0.135. The number of nitrogens with one attached hydrogen (secondary N) is 2. The van der Waals surface area contributed by atoms with E-state index in [0.29, 0.717) is 23.1 Å². The molecule has 2 aromatic rings. The Morgan fingerprint density at radius 1 is 1.19 bits per heavy atom. The van der Waals surface area contributed by atoms with Gasteiger partial charge >= 0.3 is 0 Å². The van der Waals surface area contributed by atoms with Crippen molar-refractivity contribution in [1.82, 2.24) is 20.7 Å². The zero-order valence-electron chi connectivity index (χ0n) is 15.9. The lowest BCUT2D eigenvalue weighted by atomic mass is 10.1. The lowest BCUT2D eigenvalue weighted by Crippen LogP contribution is -2.46. The number of hydrogen-bond donors (Lipinski definition) is 2. The van der Waals surface area contributed by atoms with Crippen LogP contribution in [0.1, 0.15) is 16.3 Å². The second-order valence-corrected chi connectivity index (χ2v) is 6.92. The first kappa shape index (κ1) is 20.7. The van der Waals surface area contributed by atoms with Crippen LogP contribution in [0.3, 0.4) is 0 Å². The fourth-order valence-corrected chi connectivity index (χ4v) is 3.28. The number of aryl methyl sites for hydroxylation is 1. The molecule has 146 valence electrons. The molecule has 1 aromatic carbocycles. The van der Waals surface area contributed by atoms with Crippen LogP contribution in [-0.2, 0) is 22.6 Å². The summed E-state index contributed by atoms with van der Waals surface area (Å²) in [4.78, 5) is 29.9. The molecule has 0 aliphatic carbocycles. The van der Waals surface area contributed by atoms with E-state index in [1.54, 1.807) is 21.3 Å². The number of amides is 2. The summed E-state index contributed by atoms with van der Waals surface area (Å²) in [6, 6.07) is 5.59. The number of para-hydroxylation sites is 1. The molecule has 1 aromatic heterocycles. The molecule has 1 heterocycles. The molecule has 0 aliphatic rings. The van der Waals surface area contributed by atoms with Crippen molar-refractivity contribution in [2.24, 2.45) is 0 Å². The molecule has 2 N–H and O–H groups in total. The number of carbonyl (C=O) groups is 2. The van der Waals surface area contributed by atoms with Crippen molar-refractivity contribution in [1.29, 1.82) is 0 Å². The van der Waals surface area contributed by atoms with E-state index >= 15 is 0 Å². The van der Waals surface area contributed by atoms with Gasteiger partial charge in [-0.1, -0.05) is 12.1 Å². The molecular weight excluding hydrogens is 368 g/mol. The maximum absolute atomic E-state index is 12.0. The number of rotatable bonds is 8. The second kappa shape index (κ2) is 9.89. The normalized spacial score (nSPS) is 10.6. The summed E-state index contributed by atoms with van der Waals surface area (Å²) in [5.41, 5.74) is 6.60. The average Bonchev–Trinajstić information content (AvgIpc) is 3.04. The van der Waals surface area contributed by atoms with Gasteiger partial charge in [0, 0.05) is 23.2 Å². The fraction of sp³-hybridized carbons (Fsp3) is 0.389. The van der Waals surface area contributed by atoms with Crippen molar-refractivity contribution in [3.63, 3.8) is 0 Å². The minimum absolute atomic E-state index is 0.108. The van der Waals surface area contributed by atoms with Gasteiger partial charge in [-0.2, -0.15) is 0 Å². The molecule has 0 spiro atoms. The Hall–Kier alpha value is -2.65. The zero-order chi connectivity index (χ0) is 19.8. The number of methoxy groups -OCH3 is 2. The molecule has 0 radical (unpaired) electrons. The molecule has 9 heteroatoms. The minimum Gasteiger partial charge on any atom is -0.493 e. The molecule has 0 saturated carbocycles. The predicted molar refractivity (Wildman–Crippen MR) is 103 cm³/mol. The molecular formula is C18H24N4O4S. The highest BCUT2D eigenvalue weighted by atomic mass is 32.1. The van der Waals surface area contributed by atoms with Gasteiger partial charge in [-0.05, 0) is 20.0 Å². The standard InChI is InChI=1S/C18H24N4O4S/c1-12-11-27-17(19-12)8-15(23)20-21-16(24)10-22(2)9-13-6-5-7-14(25-3)18(13)26-4/h5-7,11H,8-10H2,1-4H3,(H,20,23)(H,21,24). The molecule has 0 bridgehead atoms. The van der Waals surface area contributed by atoms with Crippen LogP contribution < -0.4 is 20.3 Å². The van der Waals surface area contributed by atoms with Gasteiger partial charge in [0.15, 0.2) is 11.5 Å². The van der Waals surface area contributed by atoms with Crippen LogP contribution in [0.15, 0.2) is 23.6 Å². The van der Waals surface area contributed by atoms with Crippen LogP contribution in [0.4, 0.5) is 0 Å². The molecule has 2 rings (SSSR count). The van der Waals surface area contributed by atoms with Gasteiger partial charge in [-0.25, -0.2) is 4.98 Å². The quantitative estimate of drug-likeness (QED) is 0.658. The monoisotopic (exact) mass is 392 g/mol. The van der Waals surface area contributed by atoms with Crippen LogP contribution >= 0.6 is 11.3 Å². The number of nitrogens with zero attached hydrogens (tertiary/aromatic N) is 2. The van der Waals surface area contributed by atoms with Crippen molar-refractivity contribution in [2.45, 2.75) is 19.9 Å². The van der Waals surface area contributed by atoms with Crippen molar-refractivity contribution in [3.8, 4) is 11.5 Å². The number of ether oxygens (including phenoxy) is 2. The molecule has 27 heavy (non-hydrogen) atoms. The summed E-state index contributed by atoms with van der Waals surface area (Å²) in [7, 11) is 4.96. The Kier molecular flexibility index (Phi) is 7.56. The number of likely N-dealkylation sites (N-methyl/N-ethyl adjacent to an activating group) is 1. The Morgan fingerprint density at radius 2 is 1.93 bits per heavy atom. The van der Waals surface area contributed by atoms with Gasteiger partial charge in [0.05, 0.1) is 27.2 Å². The SMILES string of the molecule is COc1cccc(CN(C)CC(=O)NNC(=O)Cc2nc(C)cs2)c1OC. The van der Waals surface area contributed by atoms with E-state index < -0.39 is 0 Å². The third-order valence-corrected chi connectivity index (χ3v) is 4.62. The number of hydrogen-bond acceptors (Lipinski definition) is 7. The van der Waals surface area contributed by atoms with Gasteiger partial charge < -0.3 is 9.47 Å². The number of carbonyl (C=O) groups excluding carboxylic acids is 2. The topological polar surface area (TPSA) is 92.8 Å². The third-order valence-electron chi connectivity index (χ3n) is 3.66. The van der Waals surface area contributed by atoms with Crippen LogP contribution in [0.25, 0.3) is 0 Å². The summed E-state index contributed by atoms with van der Waals surface area (Å²) in [5.74, 6) is 0.648. The summed E-state index contributed by atoms with van der Waals surface area (Å²) in [5, 5.41) is 2.59. The first-order chi connectivity index (χ1) is 12.9. The smallest absolute Gasteiger partial charge is 0.252 e. The van der Waals surface area contributed by atoms with E-state index in [9.17, 15) is 9.59 Å². The number of benzene rings is 1. The van der Waals surface area contributed by atoms with E-state index in [-0.39, 0.29) is 24.8 Å².